The first kappa shape index (κ1) is 15.7. The van der Waals surface area contributed by atoms with E-state index in [0.29, 0.717) is 16.1 Å². The lowest BCUT2D eigenvalue weighted by Crippen LogP contribution is -2.40. The Balaban J connectivity index is 1.93. The minimum atomic E-state index is -0.563. The quantitative estimate of drug-likeness (QED) is 0.876. The molecule has 0 saturated carbocycles. The van der Waals surface area contributed by atoms with Gasteiger partial charge in [0.2, 0.25) is 0 Å². The first-order valence-electron chi connectivity index (χ1n) is 7.09. The molecule has 1 fully saturated rings. The maximum Gasteiger partial charge on any atom is 0.150 e. The molecule has 1 aliphatic rings. The molecule has 1 aliphatic heterocycles. The molecule has 0 aromatic heterocycles. The van der Waals surface area contributed by atoms with Gasteiger partial charge in [0.1, 0.15) is 11.6 Å². The van der Waals surface area contributed by atoms with Crippen molar-refractivity contribution in [3.8, 4) is 0 Å². The zero-order valence-electron chi connectivity index (χ0n) is 11.9. The van der Waals surface area contributed by atoms with Crippen LogP contribution in [0.15, 0.2) is 16.6 Å². The smallest absolute Gasteiger partial charge is 0.150 e. The molecule has 5 heteroatoms. The highest BCUT2D eigenvalue weighted by atomic mass is 79.9. The number of hydrogen-bond donors (Lipinski definition) is 1. The summed E-state index contributed by atoms with van der Waals surface area (Å²) in [7, 11) is 0. The van der Waals surface area contributed by atoms with E-state index in [1.807, 2.05) is 0 Å². The van der Waals surface area contributed by atoms with Crippen molar-refractivity contribution in [2.45, 2.75) is 32.7 Å². The van der Waals surface area contributed by atoms with Gasteiger partial charge in [-0.25, -0.2) is 8.78 Å². The molecule has 0 atom stereocenters. The van der Waals surface area contributed by atoms with Crippen molar-refractivity contribution in [2.75, 3.05) is 25.0 Å². The number of piperidine rings is 1. The van der Waals surface area contributed by atoms with Crippen LogP contribution in [0.25, 0.3) is 0 Å². The van der Waals surface area contributed by atoms with Crippen LogP contribution in [0.4, 0.5) is 14.5 Å². The Morgan fingerprint density at radius 2 is 1.95 bits per heavy atom. The Hall–Kier alpha value is -0.680. The third-order valence-electron chi connectivity index (χ3n) is 3.57. The van der Waals surface area contributed by atoms with Gasteiger partial charge < -0.3 is 10.2 Å². The molecule has 112 valence electrons. The molecule has 20 heavy (non-hydrogen) atoms. The lowest BCUT2D eigenvalue weighted by Gasteiger charge is -2.34. The summed E-state index contributed by atoms with van der Waals surface area (Å²) < 4.78 is 27.3. The molecule has 0 spiro atoms. The van der Waals surface area contributed by atoms with Gasteiger partial charge in [0.05, 0.1) is 5.69 Å². The summed E-state index contributed by atoms with van der Waals surface area (Å²) in [4.78, 5) is 2.44. The van der Waals surface area contributed by atoms with Gasteiger partial charge in [-0.15, -0.1) is 0 Å². The highest BCUT2D eigenvalue weighted by molar-refractivity contribution is 9.10. The Morgan fingerprint density at radius 3 is 2.50 bits per heavy atom. The van der Waals surface area contributed by atoms with Crippen LogP contribution in [0.1, 0.15) is 26.7 Å². The van der Waals surface area contributed by atoms with Crippen LogP contribution in [-0.4, -0.2) is 30.6 Å². The zero-order valence-corrected chi connectivity index (χ0v) is 13.5. The number of halogens is 3. The van der Waals surface area contributed by atoms with Gasteiger partial charge >= 0.3 is 0 Å². The SMILES string of the molecule is CC(C)CN1CCC(Nc2c(F)cc(F)cc2Br)CC1. The largest absolute Gasteiger partial charge is 0.379 e. The summed E-state index contributed by atoms with van der Waals surface area (Å²) in [6.45, 7) is 7.60. The fourth-order valence-electron chi connectivity index (χ4n) is 2.66. The molecule has 2 rings (SSSR count). The van der Waals surface area contributed by atoms with Crippen LogP contribution in [0, 0.1) is 17.6 Å². The fraction of sp³-hybridized carbons (Fsp3) is 0.600. The molecule has 1 aromatic carbocycles. The van der Waals surface area contributed by atoms with E-state index in [1.165, 1.54) is 6.07 Å². The lowest BCUT2D eigenvalue weighted by molar-refractivity contribution is 0.198. The van der Waals surface area contributed by atoms with Gasteiger partial charge in [0.25, 0.3) is 0 Å². The van der Waals surface area contributed by atoms with E-state index in [0.717, 1.165) is 38.5 Å². The highest BCUT2D eigenvalue weighted by Gasteiger charge is 2.21. The average molecular weight is 347 g/mol. The van der Waals surface area contributed by atoms with E-state index < -0.39 is 11.6 Å². The minimum absolute atomic E-state index is 0.245. The van der Waals surface area contributed by atoms with E-state index in [1.54, 1.807) is 0 Å². The number of benzene rings is 1. The summed E-state index contributed by atoms with van der Waals surface area (Å²) >= 11 is 3.22. The monoisotopic (exact) mass is 346 g/mol. The van der Waals surface area contributed by atoms with Crippen LogP contribution < -0.4 is 5.32 Å². The van der Waals surface area contributed by atoms with Crippen LogP contribution in [-0.2, 0) is 0 Å². The van der Waals surface area contributed by atoms with E-state index in [4.69, 9.17) is 0 Å². The Morgan fingerprint density at radius 1 is 1.30 bits per heavy atom. The maximum atomic E-state index is 13.8. The van der Waals surface area contributed by atoms with Crippen molar-refractivity contribution in [1.82, 2.24) is 4.90 Å². The van der Waals surface area contributed by atoms with Gasteiger partial charge in [-0.3, -0.25) is 0 Å². The Labute approximate surface area is 127 Å². The van der Waals surface area contributed by atoms with E-state index in [9.17, 15) is 8.78 Å². The van der Waals surface area contributed by atoms with Gasteiger partial charge in [-0.1, -0.05) is 13.8 Å². The van der Waals surface area contributed by atoms with E-state index >= 15 is 0 Å². The molecule has 1 heterocycles. The molecule has 0 bridgehead atoms. The fourth-order valence-corrected chi connectivity index (χ4v) is 3.18. The maximum absolute atomic E-state index is 13.8. The minimum Gasteiger partial charge on any atom is -0.379 e. The molecule has 0 unspecified atom stereocenters. The highest BCUT2D eigenvalue weighted by Crippen LogP contribution is 2.29. The average Bonchev–Trinajstić information content (AvgIpc) is 2.35. The Bertz CT molecular complexity index is 434. The summed E-state index contributed by atoms with van der Waals surface area (Å²) in [6, 6.07) is 2.45. The topological polar surface area (TPSA) is 15.3 Å². The van der Waals surface area contributed by atoms with Crippen LogP contribution in [0.5, 0.6) is 0 Å². The molecular weight excluding hydrogens is 326 g/mol. The van der Waals surface area contributed by atoms with Gasteiger partial charge in [-0.2, -0.15) is 0 Å². The van der Waals surface area contributed by atoms with Crippen LogP contribution in [0.3, 0.4) is 0 Å². The van der Waals surface area contributed by atoms with Gasteiger partial charge in [-0.05, 0) is 40.8 Å². The molecule has 1 saturated heterocycles. The molecule has 0 aliphatic carbocycles. The van der Waals surface area contributed by atoms with Crippen molar-refractivity contribution in [3.05, 3.63) is 28.2 Å². The van der Waals surface area contributed by atoms with E-state index in [-0.39, 0.29) is 6.04 Å². The summed E-state index contributed by atoms with van der Waals surface area (Å²) in [6.07, 6.45) is 1.96. The molecule has 1 N–H and O–H groups in total. The van der Waals surface area contributed by atoms with Crippen molar-refractivity contribution in [1.29, 1.82) is 0 Å². The normalized spacial score (nSPS) is 17.7. The number of likely N-dealkylation sites (tertiary alicyclic amines) is 1. The van der Waals surface area contributed by atoms with Crippen molar-refractivity contribution < 1.29 is 8.78 Å². The third-order valence-corrected chi connectivity index (χ3v) is 4.19. The van der Waals surface area contributed by atoms with Crippen LogP contribution in [0.2, 0.25) is 0 Å². The second-order valence-corrected chi connectivity index (χ2v) is 6.71. The zero-order chi connectivity index (χ0) is 14.7. The molecule has 0 radical (unpaired) electrons. The van der Waals surface area contributed by atoms with Gasteiger partial charge in [0.15, 0.2) is 0 Å². The number of anilines is 1. The van der Waals surface area contributed by atoms with Crippen molar-refractivity contribution in [3.63, 3.8) is 0 Å². The third kappa shape index (κ3) is 4.16. The predicted octanol–water partition coefficient (Wildman–Crippen LogP) is 4.26. The molecular formula is C15H21BrF2N2. The lowest BCUT2D eigenvalue weighted by atomic mass is 10.0. The molecule has 1 aromatic rings. The van der Waals surface area contributed by atoms with Crippen molar-refractivity contribution >= 4 is 21.6 Å². The van der Waals surface area contributed by atoms with E-state index in [2.05, 4.69) is 40.0 Å². The van der Waals surface area contributed by atoms with Crippen LogP contribution >= 0.6 is 15.9 Å². The first-order valence-corrected chi connectivity index (χ1v) is 7.88. The number of nitrogens with one attached hydrogen (secondary N) is 1. The summed E-state index contributed by atoms with van der Waals surface area (Å²) in [5, 5.41) is 3.20. The molecule has 2 nitrogen and oxygen atoms in total. The molecule has 0 amide bonds. The standard InChI is InChI=1S/C15H21BrF2N2/c1-10(2)9-20-5-3-12(4-6-20)19-15-13(16)7-11(17)8-14(15)18/h7-8,10,12,19H,3-6,9H2,1-2H3. The number of nitrogens with zero attached hydrogens (tertiary/aromatic N) is 1. The number of rotatable bonds is 4. The van der Waals surface area contributed by atoms with Gasteiger partial charge in [0, 0.05) is 36.2 Å². The Kier molecular flexibility index (Phi) is 5.38. The second kappa shape index (κ2) is 6.85. The predicted molar refractivity (Wildman–Crippen MR) is 82.0 cm³/mol. The summed E-state index contributed by atoms with van der Waals surface area (Å²) in [5.74, 6) is -0.434. The first-order chi connectivity index (χ1) is 9.45. The van der Waals surface area contributed by atoms with Crippen molar-refractivity contribution in [2.24, 2.45) is 5.92 Å². The second-order valence-electron chi connectivity index (χ2n) is 5.86. The number of hydrogen-bond acceptors (Lipinski definition) is 2. The summed E-state index contributed by atoms with van der Waals surface area (Å²) in [5.41, 5.74) is 0.369.